The molecule has 1 saturated carbocycles. The van der Waals surface area contributed by atoms with Gasteiger partial charge < -0.3 is 4.74 Å². The van der Waals surface area contributed by atoms with E-state index in [9.17, 15) is 4.79 Å². The second-order valence-corrected chi connectivity index (χ2v) is 4.59. The first kappa shape index (κ1) is 10.3. The molecule has 0 aromatic heterocycles. The third-order valence-electron chi connectivity index (χ3n) is 2.88. The minimum atomic E-state index is -0.0764. The van der Waals surface area contributed by atoms with E-state index in [0.717, 1.165) is 0 Å². The van der Waals surface area contributed by atoms with Crippen molar-refractivity contribution in [3.05, 3.63) is 11.6 Å². The molecule has 0 saturated heterocycles. The molecule has 0 aromatic rings. The van der Waals surface area contributed by atoms with E-state index in [0.29, 0.717) is 5.92 Å². The zero-order valence-electron chi connectivity index (χ0n) is 9.05. The first-order valence-electron chi connectivity index (χ1n) is 4.64. The average molecular weight is 182 g/mol. The van der Waals surface area contributed by atoms with Gasteiger partial charge >= 0.3 is 5.97 Å². The van der Waals surface area contributed by atoms with E-state index >= 15 is 0 Å². The molecule has 1 rings (SSSR count). The molecule has 0 aliphatic heterocycles. The number of hydrogen-bond acceptors (Lipinski definition) is 2. The van der Waals surface area contributed by atoms with Crippen LogP contribution in [0, 0.1) is 17.3 Å². The summed E-state index contributed by atoms with van der Waals surface area (Å²) in [5, 5.41) is 0. The quantitative estimate of drug-likeness (QED) is 0.484. The van der Waals surface area contributed by atoms with Gasteiger partial charge in [-0.25, -0.2) is 0 Å². The smallest absolute Gasteiger partial charge is 0.309 e. The lowest BCUT2D eigenvalue weighted by atomic mass is 10.1. The van der Waals surface area contributed by atoms with Gasteiger partial charge in [-0.2, -0.15) is 0 Å². The highest BCUT2D eigenvalue weighted by atomic mass is 16.5. The van der Waals surface area contributed by atoms with Gasteiger partial charge in [0.05, 0.1) is 13.0 Å². The molecular formula is C11H18O2. The van der Waals surface area contributed by atoms with Crippen LogP contribution < -0.4 is 0 Å². The van der Waals surface area contributed by atoms with Crippen LogP contribution in [0.2, 0.25) is 0 Å². The number of rotatable bonds is 2. The Balaban J connectivity index is 2.72. The summed E-state index contributed by atoms with van der Waals surface area (Å²) in [5.74, 6) is 0.352. The number of carbonyl (C=O) groups is 1. The van der Waals surface area contributed by atoms with Crippen LogP contribution in [0.4, 0.5) is 0 Å². The molecule has 74 valence electrons. The van der Waals surface area contributed by atoms with Gasteiger partial charge in [0, 0.05) is 0 Å². The lowest BCUT2D eigenvalue weighted by Gasteiger charge is -1.99. The maximum Gasteiger partial charge on any atom is 0.309 e. The molecule has 0 aromatic carbocycles. The third kappa shape index (κ3) is 1.77. The summed E-state index contributed by atoms with van der Waals surface area (Å²) < 4.78 is 4.75. The van der Waals surface area contributed by atoms with Gasteiger partial charge in [0.1, 0.15) is 0 Å². The van der Waals surface area contributed by atoms with Crippen molar-refractivity contribution in [2.45, 2.75) is 27.7 Å². The predicted molar refractivity (Wildman–Crippen MR) is 52.2 cm³/mol. The van der Waals surface area contributed by atoms with Crippen LogP contribution in [0.25, 0.3) is 0 Å². The van der Waals surface area contributed by atoms with Gasteiger partial charge in [0.2, 0.25) is 0 Å². The van der Waals surface area contributed by atoms with Crippen molar-refractivity contribution in [2.75, 3.05) is 7.11 Å². The van der Waals surface area contributed by atoms with E-state index in [2.05, 4.69) is 33.8 Å². The summed E-state index contributed by atoms with van der Waals surface area (Å²) in [5.41, 5.74) is 1.36. The second-order valence-electron chi connectivity index (χ2n) is 4.59. The molecule has 13 heavy (non-hydrogen) atoms. The van der Waals surface area contributed by atoms with E-state index in [1.54, 1.807) is 0 Å². The highest BCUT2D eigenvalue weighted by Crippen LogP contribution is 2.59. The van der Waals surface area contributed by atoms with Gasteiger partial charge in [0.15, 0.2) is 0 Å². The molecule has 0 N–H and O–H groups in total. The van der Waals surface area contributed by atoms with Crippen molar-refractivity contribution >= 4 is 5.97 Å². The number of methoxy groups -OCH3 is 1. The van der Waals surface area contributed by atoms with Crippen molar-refractivity contribution in [1.82, 2.24) is 0 Å². The van der Waals surface area contributed by atoms with Gasteiger partial charge in [0.25, 0.3) is 0 Å². The summed E-state index contributed by atoms with van der Waals surface area (Å²) in [7, 11) is 1.45. The Hall–Kier alpha value is -0.790. The molecule has 0 radical (unpaired) electrons. The first-order chi connectivity index (χ1) is 5.91. The Labute approximate surface area is 80.0 Å². The molecule has 1 aliphatic carbocycles. The molecule has 1 aliphatic rings. The summed E-state index contributed by atoms with van der Waals surface area (Å²) in [6.07, 6.45) is 2.17. The molecule has 1 fully saturated rings. The van der Waals surface area contributed by atoms with Gasteiger partial charge in [-0.15, -0.1) is 0 Å². The van der Waals surface area contributed by atoms with Crippen LogP contribution in [0.5, 0.6) is 0 Å². The minimum absolute atomic E-state index is 0.0624. The van der Waals surface area contributed by atoms with Crippen molar-refractivity contribution < 1.29 is 9.53 Å². The topological polar surface area (TPSA) is 26.3 Å². The van der Waals surface area contributed by atoms with Crippen molar-refractivity contribution in [3.8, 4) is 0 Å². The standard InChI is InChI=1S/C11H18O2/c1-7(2)6-8-9(10(12)13-5)11(8,3)4/h6,8-9H,1-5H3/t8-,9-/m1/s1. The normalized spacial score (nSPS) is 29.3. The molecule has 2 nitrogen and oxygen atoms in total. The number of ether oxygens (including phenoxy) is 1. The Bertz CT molecular complexity index is 247. The maximum atomic E-state index is 11.3. The number of hydrogen-bond donors (Lipinski definition) is 0. The largest absolute Gasteiger partial charge is 0.469 e. The van der Waals surface area contributed by atoms with Crippen LogP contribution in [-0.2, 0) is 9.53 Å². The molecule has 0 unspecified atom stereocenters. The number of carbonyl (C=O) groups excluding carboxylic acids is 1. The van der Waals surface area contributed by atoms with Crippen LogP contribution in [-0.4, -0.2) is 13.1 Å². The fraction of sp³-hybridized carbons (Fsp3) is 0.727. The van der Waals surface area contributed by atoms with Gasteiger partial charge in [-0.1, -0.05) is 25.5 Å². The van der Waals surface area contributed by atoms with Crippen LogP contribution in [0.1, 0.15) is 27.7 Å². The molecule has 0 spiro atoms. The Morgan fingerprint density at radius 1 is 1.38 bits per heavy atom. The van der Waals surface area contributed by atoms with E-state index < -0.39 is 0 Å². The molecular weight excluding hydrogens is 164 g/mol. The Morgan fingerprint density at radius 3 is 2.31 bits per heavy atom. The first-order valence-corrected chi connectivity index (χ1v) is 4.64. The van der Waals surface area contributed by atoms with Crippen LogP contribution in [0.15, 0.2) is 11.6 Å². The summed E-state index contributed by atoms with van der Waals surface area (Å²) in [4.78, 5) is 11.3. The van der Waals surface area contributed by atoms with Crippen LogP contribution in [0.3, 0.4) is 0 Å². The third-order valence-corrected chi connectivity index (χ3v) is 2.88. The van der Waals surface area contributed by atoms with Crippen LogP contribution >= 0.6 is 0 Å². The zero-order valence-corrected chi connectivity index (χ0v) is 9.05. The molecule has 0 amide bonds. The van der Waals surface area contributed by atoms with Crippen molar-refractivity contribution in [3.63, 3.8) is 0 Å². The van der Waals surface area contributed by atoms with E-state index in [1.165, 1.54) is 12.7 Å². The maximum absolute atomic E-state index is 11.3. The number of allylic oxidation sites excluding steroid dienone is 2. The second kappa shape index (κ2) is 3.17. The van der Waals surface area contributed by atoms with Crippen molar-refractivity contribution in [1.29, 1.82) is 0 Å². The molecule has 0 bridgehead atoms. The van der Waals surface area contributed by atoms with Crippen molar-refractivity contribution in [2.24, 2.45) is 17.3 Å². The predicted octanol–water partition coefficient (Wildman–Crippen LogP) is 2.40. The Morgan fingerprint density at radius 2 is 1.92 bits per heavy atom. The molecule has 2 heteroatoms. The lowest BCUT2D eigenvalue weighted by molar-refractivity contribution is -0.143. The minimum Gasteiger partial charge on any atom is -0.469 e. The fourth-order valence-electron chi connectivity index (χ4n) is 1.93. The average Bonchev–Trinajstić information content (AvgIpc) is 2.51. The zero-order chi connectivity index (χ0) is 10.2. The Kier molecular flexibility index (Phi) is 2.51. The van der Waals surface area contributed by atoms with Gasteiger partial charge in [-0.3, -0.25) is 4.79 Å². The summed E-state index contributed by atoms with van der Waals surface area (Å²) in [6, 6.07) is 0. The highest BCUT2D eigenvalue weighted by Gasteiger charge is 2.61. The number of esters is 1. The van der Waals surface area contributed by atoms with E-state index in [-0.39, 0.29) is 17.3 Å². The summed E-state index contributed by atoms with van der Waals surface area (Å²) in [6.45, 7) is 8.34. The molecule has 2 atom stereocenters. The lowest BCUT2D eigenvalue weighted by Crippen LogP contribution is -2.07. The summed E-state index contributed by atoms with van der Waals surface area (Å²) >= 11 is 0. The highest BCUT2D eigenvalue weighted by molar-refractivity contribution is 5.78. The van der Waals surface area contributed by atoms with E-state index in [4.69, 9.17) is 4.74 Å². The monoisotopic (exact) mass is 182 g/mol. The fourth-order valence-corrected chi connectivity index (χ4v) is 1.93. The van der Waals surface area contributed by atoms with E-state index in [1.807, 2.05) is 0 Å². The van der Waals surface area contributed by atoms with Gasteiger partial charge in [-0.05, 0) is 25.2 Å². The molecule has 0 heterocycles. The SMILES string of the molecule is COC(=O)[C@H]1[C@@H](C=C(C)C)C1(C)C.